The molecule has 0 radical (unpaired) electrons. The maximum Gasteiger partial charge on any atom is 0.254 e. The summed E-state index contributed by atoms with van der Waals surface area (Å²) in [6.07, 6.45) is 1.40. The molecule has 1 unspecified atom stereocenters. The minimum Gasteiger partial charge on any atom is -0.382 e. The van der Waals surface area contributed by atoms with E-state index >= 15 is 0 Å². The SMILES string of the molecule is CCOCCCN(CC(=O)N1CCc2sccc2C1c1ccc(Cl)cc1)C(=O)c1ccc(Cl)c(Cl)c1. The highest BCUT2D eigenvalue weighted by atomic mass is 35.5. The lowest BCUT2D eigenvalue weighted by atomic mass is 9.93. The molecule has 2 aromatic carbocycles. The molecule has 0 saturated heterocycles. The van der Waals surface area contributed by atoms with E-state index in [1.54, 1.807) is 34.4 Å². The number of rotatable bonds is 9. The highest BCUT2D eigenvalue weighted by Gasteiger charge is 2.34. The van der Waals surface area contributed by atoms with Gasteiger partial charge in [-0.15, -0.1) is 11.3 Å². The number of fused-ring (bicyclic) bond motifs is 1. The first-order valence-electron chi connectivity index (χ1n) is 11.8. The van der Waals surface area contributed by atoms with Gasteiger partial charge in [-0.2, -0.15) is 0 Å². The second-order valence-corrected chi connectivity index (χ2v) is 10.7. The molecule has 190 valence electrons. The van der Waals surface area contributed by atoms with E-state index in [0.717, 1.165) is 17.5 Å². The Bertz CT molecular complexity index is 1220. The van der Waals surface area contributed by atoms with Crippen LogP contribution in [0.1, 0.15) is 45.7 Å². The maximum atomic E-state index is 13.8. The number of carbonyl (C=O) groups is 2. The largest absolute Gasteiger partial charge is 0.382 e. The van der Waals surface area contributed by atoms with Gasteiger partial charge in [0.15, 0.2) is 0 Å². The minimum absolute atomic E-state index is 0.0469. The Morgan fingerprint density at radius 3 is 2.58 bits per heavy atom. The zero-order valence-electron chi connectivity index (χ0n) is 19.9. The Morgan fingerprint density at radius 1 is 1.08 bits per heavy atom. The van der Waals surface area contributed by atoms with Gasteiger partial charge in [-0.05, 0) is 72.7 Å². The van der Waals surface area contributed by atoms with Gasteiger partial charge in [0.05, 0.1) is 16.1 Å². The van der Waals surface area contributed by atoms with Crippen molar-refractivity contribution in [2.24, 2.45) is 0 Å². The van der Waals surface area contributed by atoms with Gasteiger partial charge < -0.3 is 14.5 Å². The predicted octanol–water partition coefficient (Wildman–Crippen LogP) is 6.75. The van der Waals surface area contributed by atoms with Gasteiger partial charge in [0.25, 0.3) is 5.91 Å². The van der Waals surface area contributed by atoms with Crippen molar-refractivity contribution in [2.75, 3.05) is 32.8 Å². The smallest absolute Gasteiger partial charge is 0.254 e. The summed E-state index contributed by atoms with van der Waals surface area (Å²) in [6, 6.07) is 14.2. The average molecular weight is 566 g/mol. The number of ether oxygens (including phenoxy) is 1. The van der Waals surface area contributed by atoms with Crippen LogP contribution in [-0.2, 0) is 16.0 Å². The summed E-state index contributed by atoms with van der Waals surface area (Å²) in [4.78, 5) is 31.9. The number of carbonyl (C=O) groups excluding carboxylic acids is 2. The molecule has 0 bridgehead atoms. The van der Waals surface area contributed by atoms with Crippen molar-refractivity contribution in [3.63, 3.8) is 0 Å². The molecule has 2 heterocycles. The second kappa shape index (κ2) is 12.4. The number of thiophene rings is 1. The third-order valence-corrected chi connectivity index (χ3v) is 8.16. The van der Waals surface area contributed by atoms with Crippen LogP contribution in [0.5, 0.6) is 0 Å². The van der Waals surface area contributed by atoms with Gasteiger partial charge in [0.2, 0.25) is 5.91 Å². The van der Waals surface area contributed by atoms with E-state index in [0.29, 0.717) is 53.4 Å². The van der Waals surface area contributed by atoms with Crippen molar-refractivity contribution >= 4 is 58.0 Å². The van der Waals surface area contributed by atoms with Crippen LogP contribution in [0.3, 0.4) is 0 Å². The number of benzene rings is 2. The third kappa shape index (κ3) is 6.24. The van der Waals surface area contributed by atoms with Gasteiger partial charge in [0, 0.05) is 41.8 Å². The Labute approximate surface area is 230 Å². The molecular weight excluding hydrogens is 539 g/mol. The van der Waals surface area contributed by atoms with E-state index < -0.39 is 0 Å². The lowest BCUT2D eigenvalue weighted by Gasteiger charge is -2.37. The molecule has 5 nitrogen and oxygen atoms in total. The Balaban J connectivity index is 1.59. The summed E-state index contributed by atoms with van der Waals surface area (Å²) < 4.78 is 5.46. The van der Waals surface area contributed by atoms with Gasteiger partial charge in [0.1, 0.15) is 6.54 Å². The molecule has 0 saturated carbocycles. The summed E-state index contributed by atoms with van der Waals surface area (Å²) in [7, 11) is 0. The van der Waals surface area contributed by atoms with Crippen molar-refractivity contribution in [2.45, 2.75) is 25.8 Å². The first-order chi connectivity index (χ1) is 17.4. The van der Waals surface area contributed by atoms with Gasteiger partial charge in [-0.3, -0.25) is 9.59 Å². The summed E-state index contributed by atoms with van der Waals surface area (Å²) in [5.41, 5.74) is 2.51. The van der Waals surface area contributed by atoms with E-state index in [-0.39, 0.29) is 24.4 Å². The van der Waals surface area contributed by atoms with Crippen LogP contribution >= 0.6 is 46.1 Å². The Morgan fingerprint density at radius 2 is 1.86 bits per heavy atom. The van der Waals surface area contributed by atoms with Crippen LogP contribution in [0.2, 0.25) is 15.1 Å². The number of nitrogens with zero attached hydrogens (tertiary/aromatic N) is 2. The van der Waals surface area contributed by atoms with Crippen LogP contribution < -0.4 is 0 Å². The Hall–Kier alpha value is -2.09. The summed E-state index contributed by atoms with van der Waals surface area (Å²) in [5.74, 6) is -0.383. The predicted molar refractivity (Wildman–Crippen MR) is 147 cm³/mol. The number of hydrogen-bond donors (Lipinski definition) is 0. The molecule has 0 fully saturated rings. The summed E-state index contributed by atoms with van der Waals surface area (Å²) in [6.45, 7) is 3.94. The maximum absolute atomic E-state index is 13.8. The quantitative estimate of drug-likeness (QED) is 0.270. The van der Waals surface area contributed by atoms with Crippen molar-refractivity contribution in [3.05, 3.63) is 90.5 Å². The van der Waals surface area contributed by atoms with E-state index in [9.17, 15) is 9.59 Å². The monoisotopic (exact) mass is 564 g/mol. The number of halogens is 3. The molecule has 1 aromatic heterocycles. The van der Waals surface area contributed by atoms with E-state index in [2.05, 4.69) is 11.4 Å². The third-order valence-electron chi connectivity index (χ3n) is 6.17. The van der Waals surface area contributed by atoms with Gasteiger partial charge >= 0.3 is 0 Å². The molecular formula is C27H27Cl3N2O3S. The van der Waals surface area contributed by atoms with Crippen LogP contribution in [0.4, 0.5) is 0 Å². The standard InChI is InChI=1S/C27H27Cl3N2O3S/c1-2-35-14-3-12-31(27(34)19-6-9-22(29)23(30)16-19)17-25(33)32-13-10-24-21(11-15-36-24)26(32)18-4-7-20(28)8-5-18/h4-9,11,15-16,26H,2-3,10,12-14,17H2,1H3. The van der Waals surface area contributed by atoms with Gasteiger partial charge in [-0.25, -0.2) is 0 Å². The number of hydrogen-bond acceptors (Lipinski definition) is 4. The molecule has 3 aromatic rings. The molecule has 1 aliphatic rings. The molecule has 0 spiro atoms. The zero-order chi connectivity index (χ0) is 25.7. The molecule has 1 aliphatic heterocycles. The zero-order valence-corrected chi connectivity index (χ0v) is 23.0. The fourth-order valence-corrected chi connectivity index (χ4v) is 5.74. The van der Waals surface area contributed by atoms with E-state index in [4.69, 9.17) is 39.5 Å². The minimum atomic E-state index is -0.269. The van der Waals surface area contributed by atoms with Crippen molar-refractivity contribution < 1.29 is 14.3 Å². The molecule has 4 rings (SSSR count). The van der Waals surface area contributed by atoms with E-state index in [1.807, 2.05) is 36.1 Å². The Kier molecular flexibility index (Phi) is 9.31. The first kappa shape index (κ1) is 27.0. The normalized spacial score (nSPS) is 15.0. The second-order valence-electron chi connectivity index (χ2n) is 8.50. The summed E-state index contributed by atoms with van der Waals surface area (Å²) in [5, 5.41) is 3.38. The van der Waals surface area contributed by atoms with Crippen LogP contribution in [0, 0.1) is 0 Å². The highest BCUT2D eigenvalue weighted by molar-refractivity contribution is 7.10. The van der Waals surface area contributed by atoms with E-state index in [1.165, 1.54) is 4.88 Å². The molecule has 0 N–H and O–H groups in total. The van der Waals surface area contributed by atoms with Crippen molar-refractivity contribution in [1.82, 2.24) is 9.80 Å². The van der Waals surface area contributed by atoms with Crippen LogP contribution in [0.15, 0.2) is 53.9 Å². The molecule has 36 heavy (non-hydrogen) atoms. The lowest BCUT2D eigenvalue weighted by molar-refractivity contribution is -0.134. The lowest BCUT2D eigenvalue weighted by Crippen LogP contribution is -2.47. The first-order valence-corrected chi connectivity index (χ1v) is 13.8. The topological polar surface area (TPSA) is 49.9 Å². The van der Waals surface area contributed by atoms with Gasteiger partial charge in [-0.1, -0.05) is 46.9 Å². The van der Waals surface area contributed by atoms with Crippen LogP contribution in [0.25, 0.3) is 0 Å². The number of amides is 2. The fraction of sp³-hybridized carbons (Fsp3) is 0.333. The fourth-order valence-electron chi connectivity index (χ4n) is 4.41. The highest BCUT2D eigenvalue weighted by Crippen LogP contribution is 2.38. The van der Waals surface area contributed by atoms with Crippen molar-refractivity contribution in [3.8, 4) is 0 Å². The van der Waals surface area contributed by atoms with Crippen molar-refractivity contribution in [1.29, 1.82) is 0 Å². The molecule has 0 aliphatic carbocycles. The van der Waals surface area contributed by atoms with Crippen LogP contribution in [-0.4, -0.2) is 54.5 Å². The molecule has 2 amide bonds. The molecule has 9 heteroatoms. The molecule has 1 atom stereocenters. The average Bonchev–Trinajstić information content (AvgIpc) is 3.36. The summed E-state index contributed by atoms with van der Waals surface area (Å²) >= 11 is 20.0.